The molecule has 0 spiro atoms. The Kier molecular flexibility index (Phi) is 4.03. The van der Waals surface area contributed by atoms with E-state index in [9.17, 15) is 4.79 Å². The molecule has 0 bridgehead atoms. The molecule has 78 valence electrons. The van der Waals surface area contributed by atoms with Gasteiger partial charge >= 0.3 is 0 Å². The summed E-state index contributed by atoms with van der Waals surface area (Å²) in [5.41, 5.74) is 0.787. The molecule has 5 heteroatoms. The highest BCUT2D eigenvalue weighted by atomic mass is 32.1. The van der Waals surface area contributed by atoms with Crippen LogP contribution in [0.5, 0.6) is 0 Å². The summed E-state index contributed by atoms with van der Waals surface area (Å²) in [6, 6.07) is -0.192. The SMILES string of the molecule is Cc1nc(CC(=O)N[C@H](C)CO)cs1. The summed E-state index contributed by atoms with van der Waals surface area (Å²) in [6.45, 7) is 3.62. The largest absolute Gasteiger partial charge is 0.394 e. The van der Waals surface area contributed by atoms with E-state index in [1.54, 1.807) is 6.92 Å². The normalized spacial score (nSPS) is 12.5. The molecule has 0 aliphatic heterocycles. The number of aliphatic hydroxyl groups is 1. The zero-order chi connectivity index (χ0) is 10.6. The van der Waals surface area contributed by atoms with Crippen molar-refractivity contribution in [3.8, 4) is 0 Å². The molecule has 0 radical (unpaired) electrons. The first-order valence-electron chi connectivity index (χ1n) is 4.43. The Morgan fingerprint density at radius 2 is 2.50 bits per heavy atom. The molecule has 1 atom stereocenters. The number of carbonyl (C=O) groups excluding carboxylic acids is 1. The molecular formula is C9H14N2O2S. The minimum Gasteiger partial charge on any atom is -0.394 e. The van der Waals surface area contributed by atoms with Crippen LogP contribution in [0.15, 0.2) is 5.38 Å². The van der Waals surface area contributed by atoms with Crippen molar-refractivity contribution in [3.05, 3.63) is 16.1 Å². The molecule has 14 heavy (non-hydrogen) atoms. The van der Waals surface area contributed by atoms with Crippen LogP contribution in [0.3, 0.4) is 0 Å². The van der Waals surface area contributed by atoms with Gasteiger partial charge in [0.05, 0.1) is 23.7 Å². The number of nitrogens with one attached hydrogen (secondary N) is 1. The minimum absolute atomic E-state index is 0.0398. The lowest BCUT2D eigenvalue weighted by molar-refractivity contribution is -0.121. The van der Waals surface area contributed by atoms with Crippen molar-refractivity contribution in [2.24, 2.45) is 0 Å². The first-order chi connectivity index (χ1) is 6.61. The number of rotatable bonds is 4. The number of thiazole rings is 1. The Bertz CT molecular complexity index is 312. The molecule has 0 saturated heterocycles. The van der Waals surface area contributed by atoms with Gasteiger partial charge in [-0.1, -0.05) is 0 Å². The molecule has 1 aromatic rings. The Balaban J connectivity index is 2.41. The minimum atomic E-state index is -0.192. The average molecular weight is 214 g/mol. The number of aromatic nitrogens is 1. The number of amides is 1. The van der Waals surface area contributed by atoms with Crippen molar-refractivity contribution in [2.75, 3.05) is 6.61 Å². The lowest BCUT2D eigenvalue weighted by atomic mass is 10.3. The van der Waals surface area contributed by atoms with Crippen molar-refractivity contribution in [3.63, 3.8) is 0 Å². The number of hydrogen-bond donors (Lipinski definition) is 2. The molecule has 0 aliphatic rings. The average Bonchev–Trinajstić information content (AvgIpc) is 2.50. The van der Waals surface area contributed by atoms with Crippen molar-refractivity contribution >= 4 is 17.2 Å². The van der Waals surface area contributed by atoms with Crippen LogP contribution >= 0.6 is 11.3 Å². The quantitative estimate of drug-likeness (QED) is 0.767. The smallest absolute Gasteiger partial charge is 0.226 e. The van der Waals surface area contributed by atoms with Gasteiger partial charge in [-0.3, -0.25) is 4.79 Å². The second-order valence-electron chi connectivity index (χ2n) is 3.19. The van der Waals surface area contributed by atoms with Crippen LogP contribution in [-0.2, 0) is 11.2 Å². The molecule has 1 rings (SSSR count). The zero-order valence-corrected chi connectivity index (χ0v) is 9.10. The molecule has 0 aromatic carbocycles. The predicted octanol–water partition coefficient (Wildman–Crippen LogP) is 0.491. The van der Waals surface area contributed by atoms with Gasteiger partial charge in [0.15, 0.2) is 0 Å². The van der Waals surface area contributed by atoms with Gasteiger partial charge in [-0.15, -0.1) is 11.3 Å². The highest BCUT2D eigenvalue weighted by molar-refractivity contribution is 7.09. The Morgan fingerprint density at radius 1 is 1.79 bits per heavy atom. The first kappa shape index (κ1) is 11.1. The second-order valence-corrected chi connectivity index (χ2v) is 4.25. The predicted molar refractivity (Wildman–Crippen MR) is 55.2 cm³/mol. The van der Waals surface area contributed by atoms with E-state index in [2.05, 4.69) is 10.3 Å². The Labute approximate surface area is 87.0 Å². The van der Waals surface area contributed by atoms with Gasteiger partial charge in [0, 0.05) is 11.4 Å². The summed E-state index contributed by atoms with van der Waals surface area (Å²) in [5.74, 6) is -0.100. The zero-order valence-electron chi connectivity index (χ0n) is 8.28. The molecule has 0 saturated carbocycles. The Morgan fingerprint density at radius 3 is 3.00 bits per heavy atom. The first-order valence-corrected chi connectivity index (χ1v) is 5.31. The molecule has 0 fully saturated rings. The van der Waals surface area contributed by atoms with E-state index < -0.39 is 0 Å². The number of hydrogen-bond acceptors (Lipinski definition) is 4. The van der Waals surface area contributed by atoms with Crippen LogP contribution in [0.25, 0.3) is 0 Å². The summed E-state index contributed by atoms with van der Waals surface area (Å²) >= 11 is 1.53. The van der Waals surface area contributed by atoms with E-state index in [1.807, 2.05) is 12.3 Å². The van der Waals surface area contributed by atoms with Crippen molar-refractivity contribution in [1.29, 1.82) is 0 Å². The van der Waals surface area contributed by atoms with E-state index in [-0.39, 0.29) is 25.0 Å². The van der Waals surface area contributed by atoms with Crippen LogP contribution in [0.1, 0.15) is 17.6 Å². The summed E-state index contributed by atoms with van der Waals surface area (Å²) in [6.07, 6.45) is 0.286. The van der Waals surface area contributed by atoms with Crippen LogP contribution in [0.4, 0.5) is 0 Å². The monoisotopic (exact) mass is 214 g/mol. The van der Waals surface area contributed by atoms with Crippen molar-refractivity contribution < 1.29 is 9.90 Å². The fourth-order valence-electron chi connectivity index (χ4n) is 1.03. The van der Waals surface area contributed by atoms with Gasteiger partial charge in [0.25, 0.3) is 0 Å². The molecule has 1 aromatic heterocycles. The van der Waals surface area contributed by atoms with Gasteiger partial charge in [-0.25, -0.2) is 4.98 Å². The number of aryl methyl sites for hydroxylation is 1. The third kappa shape index (κ3) is 3.43. The summed E-state index contributed by atoms with van der Waals surface area (Å²) < 4.78 is 0. The number of aliphatic hydroxyl groups excluding tert-OH is 1. The highest BCUT2D eigenvalue weighted by Gasteiger charge is 2.08. The maximum atomic E-state index is 11.3. The van der Waals surface area contributed by atoms with E-state index in [1.165, 1.54) is 11.3 Å². The topological polar surface area (TPSA) is 62.2 Å². The van der Waals surface area contributed by atoms with Gasteiger partial charge in [0.1, 0.15) is 0 Å². The molecule has 0 unspecified atom stereocenters. The molecular weight excluding hydrogens is 200 g/mol. The molecule has 2 N–H and O–H groups in total. The van der Waals surface area contributed by atoms with Gasteiger partial charge < -0.3 is 10.4 Å². The third-order valence-corrected chi connectivity index (χ3v) is 2.51. The van der Waals surface area contributed by atoms with Gasteiger partial charge in [0.2, 0.25) is 5.91 Å². The maximum Gasteiger partial charge on any atom is 0.226 e. The van der Waals surface area contributed by atoms with Crippen LogP contribution in [0, 0.1) is 6.92 Å². The van der Waals surface area contributed by atoms with Crippen molar-refractivity contribution in [2.45, 2.75) is 26.3 Å². The maximum absolute atomic E-state index is 11.3. The molecule has 0 aliphatic carbocycles. The number of carbonyl (C=O) groups is 1. The third-order valence-electron chi connectivity index (χ3n) is 1.69. The lowest BCUT2D eigenvalue weighted by Crippen LogP contribution is -2.36. The highest BCUT2D eigenvalue weighted by Crippen LogP contribution is 2.08. The summed E-state index contributed by atoms with van der Waals surface area (Å²) in [5, 5.41) is 14.2. The van der Waals surface area contributed by atoms with E-state index in [4.69, 9.17) is 5.11 Å². The van der Waals surface area contributed by atoms with Crippen LogP contribution in [-0.4, -0.2) is 28.6 Å². The van der Waals surface area contributed by atoms with Crippen LogP contribution < -0.4 is 5.32 Å². The Hall–Kier alpha value is -0.940. The standard InChI is InChI=1S/C9H14N2O2S/c1-6(4-12)10-9(13)3-8-5-14-7(2)11-8/h5-6,12H,3-4H2,1-2H3,(H,10,13)/t6-/m1/s1. The lowest BCUT2D eigenvalue weighted by Gasteiger charge is -2.09. The van der Waals surface area contributed by atoms with E-state index in [0.29, 0.717) is 0 Å². The molecule has 1 amide bonds. The van der Waals surface area contributed by atoms with E-state index >= 15 is 0 Å². The van der Waals surface area contributed by atoms with E-state index in [0.717, 1.165) is 10.7 Å². The fraction of sp³-hybridized carbons (Fsp3) is 0.556. The molecule has 1 heterocycles. The summed E-state index contributed by atoms with van der Waals surface area (Å²) in [7, 11) is 0. The van der Waals surface area contributed by atoms with Crippen LogP contribution in [0.2, 0.25) is 0 Å². The second kappa shape index (κ2) is 5.07. The van der Waals surface area contributed by atoms with Crippen molar-refractivity contribution in [1.82, 2.24) is 10.3 Å². The molecule has 4 nitrogen and oxygen atoms in total. The fourth-order valence-corrected chi connectivity index (χ4v) is 1.64. The van der Waals surface area contributed by atoms with Gasteiger partial charge in [-0.05, 0) is 13.8 Å². The summed E-state index contributed by atoms with van der Waals surface area (Å²) in [4.78, 5) is 15.5. The number of nitrogens with zero attached hydrogens (tertiary/aromatic N) is 1. The van der Waals surface area contributed by atoms with Gasteiger partial charge in [-0.2, -0.15) is 0 Å².